The zero-order valence-electron chi connectivity index (χ0n) is 15.6. The van der Waals surface area contributed by atoms with Crippen LogP contribution in [0.3, 0.4) is 0 Å². The molecule has 0 saturated heterocycles. The van der Waals surface area contributed by atoms with Crippen molar-refractivity contribution in [2.75, 3.05) is 20.7 Å². The molecule has 0 aliphatic heterocycles. The summed E-state index contributed by atoms with van der Waals surface area (Å²) in [5.74, 6) is -0.0297. The fourth-order valence-electron chi connectivity index (χ4n) is 2.33. The lowest BCUT2D eigenvalue weighted by Gasteiger charge is -2.15. The first-order chi connectivity index (χ1) is 12.8. The van der Waals surface area contributed by atoms with E-state index in [-0.39, 0.29) is 13.2 Å². The van der Waals surface area contributed by atoms with E-state index in [4.69, 9.17) is 9.47 Å². The Morgan fingerprint density at radius 2 is 1.85 bits per heavy atom. The molecule has 0 spiro atoms. The Morgan fingerprint density at radius 3 is 2.52 bits per heavy atom. The molecule has 0 aliphatic carbocycles. The molecule has 6 nitrogen and oxygen atoms in total. The van der Waals surface area contributed by atoms with Crippen LogP contribution in [0.5, 0.6) is 5.75 Å². The van der Waals surface area contributed by atoms with Crippen LogP contribution < -0.4 is 4.74 Å². The zero-order valence-corrected chi connectivity index (χ0v) is 16.4. The summed E-state index contributed by atoms with van der Waals surface area (Å²) in [6.45, 7) is 1.55. The molecule has 0 fully saturated rings. The van der Waals surface area contributed by atoms with Gasteiger partial charge in [-0.25, -0.2) is 8.42 Å². The molecule has 0 aliphatic rings. The highest BCUT2D eigenvalue weighted by Crippen LogP contribution is 2.20. The topological polar surface area (TPSA) is 72.9 Å². The molecule has 0 saturated carbocycles. The van der Waals surface area contributed by atoms with Gasteiger partial charge in [-0.15, -0.1) is 0 Å². The lowest BCUT2D eigenvalue weighted by atomic mass is 10.1. The number of benzene rings is 2. The van der Waals surface area contributed by atoms with Gasteiger partial charge in [-0.3, -0.25) is 4.79 Å². The molecule has 0 bridgehead atoms. The molecular formula is C20H23NO5S. The molecule has 0 unspecified atom stereocenters. The van der Waals surface area contributed by atoms with Crippen molar-refractivity contribution in [2.45, 2.75) is 13.5 Å². The summed E-state index contributed by atoms with van der Waals surface area (Å²) in [7, 11) is -0.859. The maximum Gasteiger partial charge on any atom is 0.321 e. The Balaban J connectivity index is 1.95. The predicted octanol–water partition coefficient (Wildman–Crippen LogP) is 2.98. The molecule has 0 atom stereocenters. The molecular weight excluding hydrogens is 366 g/mol. The van der Waals surface area contributed by atoms with E-state index in [1.807, 2.05) is 37.3 Å². The normalized spacial score (nSPS) is 11.7. The highest BCUT2D eigenvalue weighted by atomic mass is 32.2. The van der Waals surface area contributed by atoms with E-state index in [0.717, 1.165) is 26.4 Å². The Labute approximate surface area is 160 Å². The molecule has 7 heteroatoms. The number of nitrogens with zero attached hydrogens (tertiary/aromatic N) is 1. The third-order valence-electron chi connectivity index (χ3n) is 3.84. The molecule has 0 N–H and O–H groups in total. The maximum absolute atomic E-state index is 12.3. The Kier molecular flexibility index (Phi) is 7.15. The van der Waals surface area contributed by atoms with Crippen LogP contribution in [0.1, 0.15) is 16.7 Å². The third-order valence-corrected chi connectivity index (χ3v) is 5.32. The number of carbonyl (C=O) groups is 1. The van der Waals surface area contributed by atoms with Crippen LogP contribution in [0.25, 0.3) is 6.08 Å². The van der Waals surface area contributed by atoms with E-state index in [2.05, 4.69) is 0 Å². The van der Waals surface area contributed by atoms with Crippen molar-refractivity contribution in [3.63, 3.8) is 0 Å². The number of aryl methyl sites for hydroxylation is 1. The largest absolute Gasteiger partial charge is 0.496 e. The fraction of sp³-hybridized carbons (Fsp3) is 0.250. The number of rotatable bonds is 8. The third kappa shape index (κ3) is 6.23. The molecule has 0 aromatic heterocycles. The number of methoxy groups -OCH3 is 1. The Morgan fingerprint density at radius 1 is 1.15 bits per heavy atom. The first kappa shape index (κ1) is 20.7. The number of likely N-dealkylation sites (N-methyl/N-ethyl adjacent to an activating group) is 1. The lowest BCUT2D eigenvalue weighted by Crippen LogP contribution is -2.31. The van der Waals surface area contributed by atoms with E-state index in [1.54, 1.807) is 18.2 Å². The summed E-state index contributed by atoms with van der Waals surface area (Å²) in [5.41, 5.74) is 2.48. The Hall–Kier alpha value is -2.64. The molecule has 0 heterocycles. The SMILES string of the molecule is COc1ccc(C)cc1COC(=O)CN(C)S(=O)(=O)/C=C/c1ccccc1. The second-order valence-electron chi connectivity index (χ2n) is 5.99. The van der Waals surface area contributed by atoms with Crippen molar-refractivity contribution in [1.29, 1.82) is 0 Å². The molecule has 144 valence electrons. The van der Waals surface area contributed by atoms with Crippen molar-refractivity contribution in [1.82, 2.24) is 4.31 Å². The van der Waals surface area contributed by atoms with Crippen molar-refractivity contribution >= 4 is 22.1 Å². The first-order valence-corrected chi connectivity index (χ1v) is 9.81. The second-order valence-corrected chi connectivity index (χ2v) is 7.92. The van der Waals surface area contributed by atoms with Gasteiger partial charge in [0, 0.05) is 18.0 Å². The number of esters is 1. The summed E-state index contributed by atoms with van der Waals surface area (Å²) in [4.78, 5) is 12.0. The highest BCUT2D eigenvalue weighted by Gasteiger charge is 2.19. The summed E-state index contributed by atoms with van der Waals surface area (Å²) in [5, 5.41) is 1.07. The van der Waals surface area contributed by atoms with Gasteiger partial charge in [-0.2, -0.15) is 4.31 Å². The van der Waals surface area contributed by atoms with Gasteiger partial charge in [-0.05, 0) is 30.7 Å². The fourth-order valence-corrected chi connectivity index (χ4v) is 3.15. The number of sulfonamides is 1. The van der Waals surface area contributed by atoms with Crippen molar-refractivity contribution in [3.05, 3.63) is 70.6 Å². The van der Waals surface area contributed by atoms with Gasteiger partial charge in [-0.1, -0.05) is 42.0 Å². The van der Waals surface area contributed by atoms with Gasteiger partial charge < -0.3 is 9.47 Å². The minimum Gasteiger partial charge on any atom is -0.496 e. The average Bonchev–Trinajstić information content (AvgIpc) is 2.65. The maximum atomic E-state index is 12.3. The van der Waals surface area contributed by atoms with Crippen LogP contribution in [-0.2, 0) is 26.2 Å². The second kappa shape index (κ2) is 9.34. The van der Waals surface area contributed by atoms with Crippen LogP contribution >= 0.6 is 0 Å². The number of ether oxygens (including phenoxy) is 2. The lowest BCUT2D eigenvalue weighted by molar-refractivity contribution is -0.144. The summed E-state index contributed by atoms with van der Waals surface area (Å²) in [6, 6.07) is 14.6. The molecule has 2 aromatic rings. The minimum atomic E-state index is -3.73. The number of hydrogen-bond acceptors (Lipinski definition) is 5. The van der Waals surface area contributed by atoms with Gasteiger partial charge >= 0.3 is 5.97 Å². The predicted molar refractivity (Wildman–Crippen MR) is 105 cm³/mol. The Bertz CT molecular complexity index is 907. The standard InChI is InChI=1S/C20H23NO5S/c1-16-9-10-19(25-3)18(13-16)15-26-20(22)14-21(2)27(23,24)12-11-17-7-5-4-6-8-17/h4-13H,14-15H2,1-3H3/b12-11+. The molecule has 2 aromatic carbocycles. The average molecular weight is 389 g/mol. The zero-order chi connectivity index (χ0) is 19.9. The number of hydrogen-bond donors (Lipinski definition) is 0. The monoisotopic (exact) mass is 389 g/mol. The van der Waals surface area contributed by atoms with E-state index >= 15 is 0 Å². The van der Waals surface area contributed by atoms with Crippen LogP contribution in [0.4, 0.5) is 0 Å². The summed E-state index contributed by atoms with van der Waals surface area (Å²) in [6.07, 6.45) is 1.48. The van der Waals surface area contributed by atoms with Gasteiger partial charge in [0.05, 0.1) is 7.11 Å². The van der Waals surface area contributed by atoms with Crippen LogP contribution in [0, 0.1) is 6.92 Å². The first-order valence-electron chi connectivity index (χ1n) is 8.30. The number of carbonyl (C=O) groups excluding carboxylic acids is 1. The van der Waals surface area contributed by atoms with Crippen LogP contribution in [0.15, 0.2) is 53.9 Å². The van der Waals surface area contributed by atoms with E-state index in [1.165, 1.54) is 20.2 Å². The minimum absolute atomic E-state index is 0.0113. The summed E-state index contributed by atoms with van der Waals surface area (Å²) >= 11 is 0. The quantitative estimate of drug-likeness (QED) is 0.649. The van der Waals surface area contributed by atoms with E-state index in [0.29, 0.717) is 5.75 Å². The molecule has 2 rings (SSSR count). The van der Waals surface area contributed by atoms with E-state index in [9.17, 15) is 13.2 Å². The smallest absolute Gasteiger partial charge is 0.321 e. The van der Waals surface area contributed by atoms with Gasteiger partial charge in [0.15, 0.2) is 0 Å². The van der Waals surface area contributed by atoms with Crippen LogP contribution in [-0.4, -0.2) is 39.4 Å². The van der Waals surface area contributed by atoms with Crippen molar-refractivity contribution < 1.29 is 22.7 Å². The van der Waals surface area contributed by atoms with Crippen molar-refractivity contribution in [2.24, 2.45) is 0 Å². The van der Waals surface area contributed by atoms with Gasteiger partial charge in [0.25, 0.3) is 0 Å². The molecule has 0 radical (unpaired) electrons. The van der Waals surface area contributed by atoms with E-state index < -0.39 is 16.0 Å². The van der Waals surface area contributed by atoms with Crippen molar-refractivity contribution in [3.8, 4) is 5.75 Å². The summed E-state index contributed by atoms with van der Waals surface area (Å²) < 4.78 is 35.9. The van der Waals surface area contributed by atoms with Crippen LogP contribution in [0.2, 0.25) is 0 Å². The highest BCUT2D eigenvalue weighted by molar-refractivity contribution is 7.92. The molecule has 27 heavy (non-hydrogen) atoms. The van der Waals surface area contributed by atoms with Gasteiger partial charge in [0.2, 0.25) is 10.0 Å². The van der Waals surface area contributed by atoms with Gasteiger partial charge in [0.1, 0.15) is 18.9 Å². The molecule has 0 amide bonds.